The summed E-state index contributed by atoms with van der Waals surface area (Å²) in [5.74, 6) is 0. The van der Waals surface area contributed by atoms with Crippen molar-refractivity contribution in [2.75, 3.05) is 26.7 Å². The van der Waals surface area contributed by atoms with Crippen LogP contribution in [0.5, 0.6) is 0 Å². The highest BCUT2D eigenvalue weighted by atomic mass is 16.2. The molecule has 2 aliphatic rings. The molecule has 2 aliphatic heterocycles. The highest BCUT2D eigenvalue weighted by Gasteiger charge is 2.39. The molecule has 0 aliphatic carbocycles. The van der Waals surface area contributed by atoms with Crippen molar-refractivity contribution in [2.45, 2.75) is 24.9 Å². The monoisotopic (exact) mass is 260 g/mol. The highest BCUT2D eigenvalue weighted by Crippen LogP contribution is 2.29. The summed E-state index contributed by atoms with van der Waals surface area (Å²) in [6.07, 6.45) is 3.89. The number of amides is 2. The first-order chi connectivity index (χ1) is 9.27. The lowest BCUT2D eigenvalue weighted by molar-refractivity contribution is 0.170. The number of likely N-dealkylation sites (N-methyl/N-ethyl adjacent to an activating group) is 1. The molecule has 0 bridgehead atoms. The van der Waals surface area contributed by atoms with Crippen LogP contribution in [0.1, 0.15) is 24.6 Å². The molecule has 1 unspecified atom stereocenters. The van der Waals surface area contributed by atoms with Gasteiger partial charge in [-0.05, 0) is 38.1 Å². The smallest absolute Gasteiger partial charge is 0.319 e. The van der Waals surface area contributed by atoms with Crippen LogP contribution in [0, 0.1) is 0 Å². The minimum atomic E-state index is 0.0867. The Morgan fingerprint density at radius 2 is 2.11 bits per heavy atom. The number of hydrogen-bond donors (Lipinski definition) is 1. The van der Waals surface area contributed by atoms with Crippen LogP contribution in [0.3, 0.4) is 0 Å². The quantitative estimate of drug-likeness (QED) is 0.870. The third-order valence-corrected chi connectivity index (χ3v) is 4.16. The second kappa shape index (κ2) is 5.17. The van der Waals surface area contributed by atoms with Gasteiger partial charge in [0.25, 0.3) is 0 Å². The summed E-state index contributed by atoms with van der Waals surface area (Å²) < 4.78 is 0. The molecule has 1 aromatic rings. The van der Waals surface area contributed by atoms with E-state index in [1.165, 1.54) is 0 Å². The standard InChI is InChI=1S/C14H20N4O/c1-17-13(12-4-2-3-7-16-12)10-18(14(17)19)11-5-8-15-9-6-11/h2-4,7,11,13,15H,5-6,8-10H2,1H3. The van der Waals surface area contributed by atoms with E-state index < -0.39 is 0 Å². The first-order valence-corrected chi connectivity index (χ1v) is 6.92. The fraction of sp³-hybridized carbons (Fsp3) is 0.571. The molecule has 2 amide bonds. The van der Waals surface area contributed by atoms with Crippen LogP contribution in [0.15, 0.2) is 24.4 Å². The van der Waals surface area contributed by atoms with Gasteiger partial charge >= 0.3 is 6.03 Å². The molecule has 1 N–H and O–H groups in total. The van der Waals surface area contributed by atoms with Gasteiger partial charge in [0, 0.05) is 25.8 Å². The Hall–Kier alpha value is -1.62. The van der Waals surface area contributed by atoms with Crippen molar-refractivity contribution in [3.63, 3.8) is 0 Å². The molecule has 2 fully saturated rings. The maximum atomic E-state index is 12.4. The fourth-order valence-electron chi connectivity index (χ4n) is 3.01. The molecule has 5 nitrogen and oxygen atoms in total. The molecule has 5 heteroatoms. The Bertz CT molecular complexity index is 444. The molecule has 102 valence electrons. The van der Waals surface area contributed by atoms with Crippen molar-refractivity contribution >= 4 is 6.03 Å². The number of piperidine rings is 1. The van der Waals surface area contributed by atoms with Gasteiger partial charge in [-0.1, -0.05) is 6.07 Å². The van der Waals surface area contributed by atoms with E-state index in [1.807, 2.05) is 35.0 Å². The number of nitrogens with one attached hydrogen (secondary N) is 1. The van der Waals surface area contributed by atoms with Crippen molar-refractivity contribution < 1.29 is 4.79 Å². The van der Waals surface area contributed by atoms with Crippen LogP contribution in [-0.4, -0.2) is 53.5 Å². The summed E-state index contributed by atoms with van der Waals surface area (Å²) in [5.41, 5.74) is 0.981. The summed E-state index contributed by atoms with van der Waals surface area (Å²) in [5, 5.41) is 3.34. The minimum absolute atomic E-state index is 0.0867. The molecule has 0 aromatic carbocycles. The first-order valence-electron chi connectivity index (χ1n) is 6.92. The molecule has 3 heterocycles. The largest absolute Gasteiger partial charge is 0.320 e. The van der Waals surface area contributed by atoms with Gasteiger partial charge in [0.05, 0.1) is 11.7 Å². The lowest BCUT2D eigenvalue weighted by atomic mass is 10.0. The van der Waals surface area contributed by atoms with Crippen molar-refractivity contribution in [2.24, 2.45) is 0 Å². The predicted octanol–water partition coefficient (Wildman–Crippen LogP) is 1.24. The first kappa shape index (κ1) is 12.4. The average molecular weight is 260 g/mol. The van der Waals surface area contributed by atoms with Crippen LogP contribution < -0.4 is 5.32 Å². The van der Waals surface area contributed by atoms with E-state index in [1.54, 1.807) is 6.20 Å². The average Bonchev–Trinajstić information content (AvgIpc) is 2.77. The van der Waals surface area contributed by atoms with Gasteiger partial charge in [-0.2, -0.15) is 0 Å². The van der Waals surface area contributed by atoms with Crippen molar-refractivity contribution in [1.82, 2.24) is 20.1 Å². The Morgan fingerprint density at radius 3 is 2.79 bits per heavy atom. The second-order valence-electron chi connectivity index (χ2n) is 5.30. The van der Waals surface area contributed by atoms with Gasteiger partial charge in [0.2, 0.25) is 0 Å². The van der Waals surface area contributed by atoms with Crippen molar-refractivity contribution in [1.29, 1.82) is 0 Å². The predicted molar refractivity (Wildman–Crippen MR) is 72.7 cm³/mol. The summed E-state index contributed by atoms with van der Waals surface area (Å²) in [4.78, 5) is 20.6. The van der Waals surface area contributed by atoms with Crippen LogP contribution in [0.4, 0.5) is 4.79 Å². The number of aromatic nitrogens is 1. The second-order valence-corrected chi connectivity index (χ2v) is 5.30. The normalized spacial score (nSPS) is 25.1. The van der Waals surface area contributed by atoms with E-state index in [9.17, 15) is 4.79 Å². The van der Waals surface area contributed by atoms with Crippen LogP contribution >= 0.6 is 0 Å². The van der Waals surface area contributed by atoms with Crippen LogP contribution in [-0.2, 0) is 0 Å². The van der Waals surface area contributed by atoms with Gasteiger partial charge in [-0.3, -0.25) is 4.98 Å². The minimum Gasteiger partial charge on any atom is -0.319 e. The number of nitrogens with zero attached hydrogens (tertiary/aromatic N) is 3. The van der Waals surface area contributed by atoms with Crippen LogP contribution in [0.25, 0.3) is 0 Å². The van der Waals surface area contributed by atoms with Gasteiger partial charge in [0.1, 0.15) is 0 Å². The van der Waals surface area contributed by atoms with E-state index in [0.29, 0.717) is 6.04 Å². The zero-order valence-corrected chi connectivity index (χ0v) is 11.2. The molecular weight excluding hydrogens is 240 g/mol. The summed E-state index contributed by atoms with van der Waals surface area (Å²) in [6, 6.07) is 6.50. The summed E-state index contributed by atoms with van der Waals surface area (Å²) >= 11 is 0. The lowest BCUT2D eigenvalue weighted by Gasteiger charge is -2.30. The summed E-state index contributed by atoms with van der Waals surface area (Å²) in [7, 11) is 1.88. The van der Waals surface area contributed by atoms with E-state index in [4.69, 9.17) is 0 Å². The van der Waals surface area contributed by atoms with E-state index in [0.717, 1.165) is 38.2 Å². The van der Waals surface area contributed by atoms with Gasteiger partial charge < -0.3 is 15.1 Å². The molecule has 3 rings (SSSR count). The molecule has 0 spiro atoms. The molecule has 2 saturated heterocycles. The number of rotatable bonds is 2. The van der Waals surface area contributed by atoms with Crippen molar-refractivity contribution in [3.05, 3.63) is 30.1 Å². The SMILES string of the molecule is CN1C(=O)N(C2CCNCC2)CC1c1ccccn1. The molecule has 1 aromatic heterocycles. The summed E-state index contributed by atoms with van der Waals surface area (Å²) in [6.45, 7) is 2.77. The van der Waals surface area contributed by atoms with Gasteiger partial charge in [0.15, 0.2) is 0 Å². The third kappa shape index (κ3) is 2.30. The molecule has 1 atom stereocenters. The molecule has 0 radical (unpaired) electrons. The zero-order chi connectivity index (χ0) is 13.2. The Morgan fingerprint density at radius 1 is 1.32 bits per heavy atom. The van der Waals surface area contributed by atoms with E-state index in [2.05, 4.69) is 10.3 Å². The Labute approximate surface area is 113 Å². The topological polar surface area (TPSA) is 48.5 Å². The van der Waals surface area contributed by atoms with Crippen molar-refractivity contribution in [3.8, 4) is 0 Å². The van der Waals surface area contributed by atoms with Crippen LogP contribution in [0.2, 0.25) is 0 Å². The van der Waals surface area contributed by atoms with E-state index in [-0.39, 0.29) is 12.1 Å². The maximum Gasteiger partial charge on any atom is 0.320 e. The molecule has 19 heavy (non-hydrogen) atoms. The zero-order valence-electron chi connectivity index (χ0n) is 11.2. The van der Waals surface area contributed by atoms with Gasteiger partial charge in [-0.25, -0.2) is 4.79 Å². The van der Waals surface area contributed by atoms with E-state index >= 15 is 0 Å². The van der Waals surface area contributed by atoms with Gasteiger partial charge in [-0.15, -0.1) is 0 Å². The number of urea groups is 1. The fourth-order valence-corrected chi connectivity index (χ4v) is 3.01. The molecule has 0 saturated carbocycles. The number of hydrogen-bond acceptors (Lipinski definition) is 3. The highest BCUT2D eigenvalue weighted by molar-refractivity contribution is 5.77. The third-order valence-electron chi connectivity index (χ3n) is 4.16. The lowest BCUT2D eigenvalue weighted by Crippen LogP contribution is -2.44. The molecular formula is C14H20N4O. The number of carbonyl (C=O) groups is 1. The number of carbonyl (C=O) groups excluding carboxylic acids is 1. The Balaban J connectivity index is 1.77. The maximum absolute atomic E-state index is 12.4. The Kier molecular flexibility index (Phi) is 3.38. The number of pyridine rings is 1.